The van der Waals surface area contributed by atoms with Crippen LogP contribution in [-0.4, -0.2) is 54.1 Å². The average Bonchev–Trinajstić information content (AvgIpc) is 2.65. The summed E-state index contributed by atoms with van der Waals surface area (Å²) in [5, 5.41) is 15.8. The summed E-state index contributed by atoms with van der Waals surface area (Å²) in [5.41, 5.74) is 0. The lowest BCUT2D eigenvalue weighted by Crippen LogP contribution is -2.69. The lowest BCUT2D eigenvalue weighted by molar-refractivity contribution is -0.361. The van der Waals surface area contributed by atoms with Gasteiger partial charge in [-0.15, -0.1) is 0 Å². The fourth-order valence-corrected chi connectivity index (χ4v) is 3.71. The van der Waals surface area contributed by atoms with E-state index >= 15 is 0 Å². The zero-order valence-electron chi connectivity index (χ0n) is 16.1. The Morgan fingerprint density at radius 3 is 2.71 bits per heavy atom. The summed E-state index contributed by atoms with van der Waals surface area (Å²) in [6, 6.07) is 12.9. The third-order valence-corrected chi connectivity index (χ3v) is 5.03. The predicted molar refractivity (Wildman–Crippen MR) is 102 cm³/mol. The third kappa shape index (κ3) is 3.84. The third-order valence-electron chi connectivity index (χ3n) is 5.03. The van der Waals surface area contributed by atoms with E-state index in [2.05, 4.69) is 5.32 Å². The molecular formula is C21H25NO6. The van der Waals surface area contributed by atoms with Crippen molar-refractivity contribution in [3.8, 4) is 5.75 Å². The van der Waals surface area contributed by atoms with Crippen molar-refractivity contribution in [2.45, 2.75) is 57.2 Å². The fourth-order valence-electron chi connectivity index (χ4n) is 3.71. The van der Waals surface area contributed by atoms with Gasteiger partial charge in [-0.2, -0.15) is 0 Å². The first-order valence-corrected chi connectivity index (χ1v) is 9.40. The molecule has 7 nitrogen and oxygen atoms in total. The molecule has 4 rings (SSSR count). The summed E-state index contributed by atoms with van der Waals surface area (Å²) >= 11 is 0. The zero-order valence-corrected chi connectivity index (χ0v) is 16.1. The van der Waals surface area contributed by atoms with Crippen LogP contribution in [0.4, 0.5) is 0 Å². The normalized spacial score (nSPS) is 31.8. The van der Waals surface area contributed by atoms with Gasteiger partial charge in [-0.25, -0.2) is 0 Å². The molecule has 0 aromatic heterocycles. The number of hydrogen-bond acceptors (Lipinski definition) is 6. The van der Waals surface area contributed by atoms with Crippen LogP contribution in [0.1, 0.15) is 20.8 Å². The Hall–Kier alpha value is -2.19. The van der Waals surface area contributed by atoms with Gasteiger partial charge in [0, 0.05) is 6.92 Å². The van der Waals surface area contributed by atoms with Gasteiger partial charge in [0.2, 0.25) is 12.2 Å². The molecule has 2 aliphatic rings. The summed E-state index contributed by atoms with van der Waals surface area (Å²) in [4.78, 5) is 11.7. The lowest BCUT2D eigenvalue weighted by Gasteiger charge is -2.49. The molecular weight excluding hydrogens is 362 g/mol. The quantitative estimate of drug-likeness (QED) is 0.837. The minimum atomic E-state index is -1.00. The Labute approximate surface area is 163 Å². The standard InChI is InChI=1S/C21H25NO6/c1-12(23)22-17-18(24)19-16(11-25-21(2,3)28-19)27-20(17)26-15-9-8-13-6-4-5-7-14(13)10-15/h4-10,16-20,24H,11H2,1-3H3,(H,22,23)/t16-,17+,18-,19+,20-/m1/s1. The van der Waals surface area contributed by atoms with Crippen LogP contribution < -0.4 is 10.1 Å². The van der Waals surface area contributed by atoms with E-state index in [1.54, 1.807) is 13.8 Å². The van der Waals surface area contributed by atoms with Crippen LogP contribution in [-0.2, 0) is 19.0 Å². The van der Waals surface area contributed by atoms with E-state index in [0.29, 0.717) is 5.75 Å². The van der Waals surface area contributed by atoms with E-state index in [1.807, 2.05) is 42.5 Å². The molecule has 2 aliphatic heterocycles. The first-order valence-electron chi connectivity index (χ1n) is 9.40. The number of nitrogens with one attached hydrogen (secondary N) is 1. The molecule has 0 unspecified atom stereocenters. The van der Waals surface area contributed by atoms with Crippen molar-refractivity contribution >= 4 is 16.7 Å². The molecule has 2 heterocycles. The van der Waals surface area contributed by atoms with Crippen LogP contribution >= 0.6 is 0 Å². The topological polar surface area (TPSA) is 86.3 Å². The van der Waals surface area contributed by atoms with Crippen molar-refractivity contribution < 1.29 is 28.8 Å². The van der Waals surface area contributed by atoms with Gasteiger partial charge in [-0.3, -0.25) is 4.79 Å². The summed E-state index contributed by atoms with van der Waals surface area (Å²) in [6.45, 7) is 5.21. The van der Waals surface area contributed by atoms with Crippen molar-refractivity contribution in [1.29, 1.82) is 0 Å². The number of hydrogen-bond donors (Lipinski definition) is 2. The van der Waals surface area contributed by atoms with Crippen molar-refractivity contribution in [2.75, 3.05) is 6.61 Å². The monoisotopic (exact) mass is 387 g/mol. The summed E-state index contributed by atoms with van der Waals surface area (Å²) < 4.78 is 23.6. The Morgan fingerprint density at radius 1 is 1.21 bits per heavy atom. The van der Waals surface area contributed by atoms with E-state index in [0.717, 1.165) is 10.8 Å². The fraction of sp³-hybridized carbons (Fsp3) is 0.476. The Kier molecular flexibility index (Phi) is 5.01. The maximum absolute atomic E-state index is 11.7. The number of benzene rings is 2. The van der Waals surface area contributed by atoms with Crippen LogP contribution in [0.5, 0.6) is 5.75 Å². The maximum Gasteiger partial charge on any atom is 0.223 e. The average molecular weight is 387 g/mol. The number of fused-ring (bicyclic) bond motifs is 2. The second-order valence-corrected chi connectivity index (χ2v) is 7.68. The number of aliphatic hydroxyl groups excluding tert-OH is 1. The van der Waals surface area contributed by atoms with E-state index in [1.165, 1.54) is 6.92 Å². The molecule has 150 valence electrons. The molecule has 0 bridgehead atoms. The number of rotatable bonds is 3. The van der Waals surface area contributed by atoms with Gasteiger partial charge in [-0.1, -0.05) is 30.3 Å². The van der Waals surface area contributed by atoms with Crippen molar-refractivity contribution in [3.63, 3.8) is 0 Å². The molecule has 5 atom stereocenters. The summed E-state index contributed by atoms with van der Waals surface area (Å²) in [6.07, 6.45) is -3.01. The number of aliphatic hydroxyl groups is 1. The van der Waals surface area contributed by atoms with Crippen LogP contribution in [0.25, 0.3) is 10.8 Å². The highest BCUT2D eigenvalue weighted by atomic mass is 16.8. The highest BCUT2D eigenvalue weighted by molar-refractivity contribution is 5.83. The second-order valence-electron chi connectivity index (χ2n) is 7.68. The predicted octanol–water partition coefficient (Wildman–Crippen LogP) is 1.96. The highest BCUT2D eigenvalue weighted by Crippen LogP contribution is 2.33. The molecule has 2 aromatic carbocycles. The largest absolute Gasteiger partial charge is 0.463 e. The second kappa shape index (κ2) is 7.33. The van der Waals surface area contributed by atoms with E-state index in [9.17, 15) is 9.90 Å². The van der Waals surface area contributed by atoms with Crippen LogP contribution in [0.15, 0.2) is 42.5 Å². The Morgan fingerprint density at radius 2 is 1.96 bits per heavy atom. The van der Waals surface area contributed by atoms with Gasteiger partial charge < -0.3 is 29.4 Å². The van der Waals surface area contributed by atoms with Gasteiger partial charge >= 0.3 is 0 Å². The number of carbonyl (C=O) groups is 1. The molecule has 0 spiro atoms. The molecule has 7 heteroatoms. The van der Waals surface area contributed by atoms with Crippen LogP contribution in [0.3, 0.4) is 0 Å². The van der Waals surface area contributed by atoms with Crippen molar-refractivity contribution in [3.05, 3.63) is 42.5 Å². The highest BCUT2D eigenvalue weighted by Gasteiger charge is 2.52. The molecule has 2 aromatic rings. The summed E-state index contributed by atoms with van der Waals surface area (Å²) in [5.74, 6) is -0.537. The molecule has 2 saturated heterocycles. The van der Waals surface area contributed by atoms with Gasteiger partial charge in [0.25, 0.3) is 0 Å². The smallest absolute Gasteiger partial charge is 0.223 e. The van der Waals surface area contributed by atoms with E-state index < -0.39 is 36.4 Å². The Balaban J connectivity index is 1.59. The molecule has 0 saturated carbocycles. The lowest BCUT2D eigenvalue weighted by atomic mass is 9.95. The summed E-state index contributed by atoms with van der Waals surface area (Å²) in [7, 11) is 0. The molecule has 1 amide bonds. The SMILES string of the molecule is CC(=O)N[C@@H]1[C@H](Oc2ccc3ccccc3c2)O[C@@H]2COC(C)(C)O[C@@H]2[C@@H]1O. The first kappa shape index (κ1) is 19.1. The van der Waals surface area contributed by atoms with Gasteiger partial charge in [-0.05, 0) is 36.8 Å². The minimum Gasteiger partial charge on any atom is -0.463 e. The van der Waals surface area contributed by atoms with Crippen molar-refractivity contribution in [2.24, 2.45) is 0 Å². The molecule has 0 aliphatic carbocycles. The van der Waals surface area contributed by atoms with Crippen LogP contribution in [0.2, 0.25) is 0 Å². The van der Waals surface area contributed by atoms with Gasteiger partial charge in [0.15, 0.2) is 5.79 Å². The van der Waals surface area contributed by atoms with Crippen LogP contribution in [0, 0.1) is 0 Å². The number of ether oxygens (including phenoxy) is 4. The first-order chi connectivity index (χ1) is 13.3. The molecule has 28 heavy (non-hydrogen) atoms. The number of amides is 1. The number of carbonyl (C=O) groups excluding carboxylic acids is 1. The van der Waals surface area contributed by atoms with E-state index in [4.69, 9.17) is 18.9 Å². The van der Waals surface area contributed by atoms with Gasteiger partial charge in [0.1, 0.15) is 30.1 Å². The van der Waals surface area contributed by atoms with E-state index in [-0.39, 0.29) is 12.5 Å². The van der Waals surface area contributed by atoms with Gasteiger partial charge in [0.05, 0.1) is 6.61 Å². The maximum atomic E-state index is 11.7. The molecule has 0 radical (unpaired) electrons. The minimum absolute atomic E-state index is 0.263. The Bertz CT molecular complexity index is 869. The molecule has 2 fully saturated rings. The zero-order chi connectivity index (χ0) is 19.9. The van der Waals surface area contributed by atoms with Crippen molar-refractivity contribution in [1.82, 2.24) is 5.32 Å². The molecule has 2 N–H and O–H groups in total.